The van der Waals surface area contributed by atoms with E-state index in [2.05, 4.69) is 164 Å². The summed E-state index contributed by atoms with van der Waals surface area (Å²) in [6, 6.07) is 59.4. The number of hydrogen-bond acceptors (Lipinski definition) is 1. The van der Waals surface area contributed by atoms with Gasteiger partial charge >= 0.3 is 0 Å². The first kappa shape index (κ1) is 24.8. The van der Waals surface area contributed by atoms with Crippen molar-refractivity contribution in [3.63, 3.8) is 0 Å². The number of benzene rings is 8. The maximum atomic E-state index is 4.94. The van der Waals surface area contributed by atoms with Gasteiger partial charge in [-0.05, 0) is 96.5 Å². The van der Waals surface area contributed by atoms with Gasteiger partial charge < -0.3 is 0 Å². The number of fused-ring (bicyclic) bond motifs is 6. The summed E-state index contributed by atoms with van der Waals surface area (Å²) < 4.78 is 0. The molecule has 1 heteroatoms. The quantitative estimate of drug-likeness (QED) is 0.155. The van der Waals surface area contributed by atoms with Crippen molar-refractivity contribution >= 4 is 54.1 Å². The molecule has 1 nitrogen and oxygen atoms in total. The van der Waals surface area contributed by atoms with E-state index in [0.29, 0.717) is 0 Å². The van der Waals surface area contributed by atoms with Crippen LogP contribution in [-0.4, -0.2) is 4.98 Å². The van der Waals surface area contributed by atoms with Gasteiger partial charge in [0.25, 0.3) is 0 Å². The van der Waals surface area contributed by atoms with Gasteiger partial charge in [0.1, 0.15) is 0 Å². The highest BCUT2D eigenvalue weighted by Crippen LogP contribution is 2.40. The first-order chi connectivity index (χ1) is 21.8. The molecule has 44 heavy (non-hydrogen) atoms. The summed E-state index contributed by atoms with van der Waals surface area (Å²) in [5, 5.41) is 9.89. The molecule has 0 aliphatic rings. The van der Waals surface area contributed by atoms with Crippen molar-refractivity contribution in [3.05, 3.63) is 164 Å². The predicted molar refractivity (Wildman–Crippen MR) is 188 cm³/mol. The summed E-state index contributed by atoms with van der Waals surface area (Å²) in [7, 11) is 0. The molecule has 9 aromatic rings. The Hall–Kier alpha value is -5.79. The molecule has 0 fully saturated rings. The number of rotatable bonds is 3. The van der Waals surface area contributed by atoms with Gasteiger partial charge in [-0.1, -0.05) is 127 Å². The van der Waals surface area contributed by atoms with Gasteiger partial charge in [0.15, 0.2) is 0 Å². The Kier molecular flexibility index (Phi) is 5.57. The third-order valence-corrected chi connectivity index (χ3v) is 8.99. The first-order valence-corrected chi connectivity index (χ1v) is 15.1. The predicted octanol–water partition coefficient (Wildman–Crippen LogP) is 11.8. The number of aromatic nitrogens is 1. The molecule has 8 aromatic carbocycles. The SMILES string of the molecule is c1ccc(-c2cc3ccccc3cc2-c2ccc3c(ccc4cc(-c5c6ccccc6nc6ccccc56)ccc43)c2)cc1. The second-order valence-corrected chi connectivity index (χ2v) is 11.6. The van der Waals surface area contributed by atoms with Crippen molar-refractivity contribution in [2.45, 2.75) is 0 Å². The second-order valence-electron chi connectivity index (χ2n) is 11.6. The standard InChI is InChI=1S/C43H27N/c1-2-10-28(11-3-1)39-26-29-12-4-5-13-30(29)27-40(39)33-20-22-35-31(24-33)18-19-32-25-34(21-23-36(32)35)43-37-14-6-8-16-41(37)44-42-17-9-7-15-38(42)43/h1-27H. The molecule has 0 saturated carbocycles. The molecule has 1 heterocycles. The zero-order valence-electron chi connectivity index (χ0n) is 24.0. The molecule has 0 unspecified atom stereocenters. The summed E-state index contributed by atoms with van der Waals surface area (Å²) in [4.78, 5) is 4.94. The third kappa shape index (κ3) is 3.98. The fourth-order valence-corrected chi connectivity index (χ4v) is 6.88. The van der Waals surface area contributed by atoms with Crippen LogP contribution < -0.4 is 0 Å². The van der Waals surface area contributed by atoms with Gasteiger partial charge in [-0.15, -0.1) is 0 Å². The topological polar surface area (TPSA) is 12.9 Å². The van der Waals surface area contributed by atoms with Crippen molar-refractivity contribution < 1.29 is 0 Å². The van der Waals surface area contributed by atoms with E-state index in [4.69, 9.17) is 4.98 Å². The number of pyridine rings is 1. The summed E-state index contributed by atoms with van der Waals surface area (Å²) in [5.74, 6) is 0. The molecule has 0 spiro atoms. The molecule has 0 N–H and O–H groups in total. The van der Waals surface area contributed by atoms with E-state index in [9.17, 15) is 0 Å². The fourth-order valence-electron chi connectivity index (χ4n) is 6.88. The molecular formula is C43H27N. The van der Waals surface area contributed by atoms with Crippen LogP contribution in [0.25, 0.3) is 87.5 Å². The van der Waals surface area contributed by atoms with Gasteiger partial charge in [0, 0.05) is 16.3 Å². The normalized spacial score (nSPS) is 11.6. The lowest BCUT2D eigenvalue weighted by molar-refractivity contribution is 1.49. The lowest BCUT2D eigenvalue weighted by Crippen LogP contribution is -1.90. The van der Waals surface area contributed by atoms with Crippen molar-refractivity contribution in [1.82, 2.24) is 4.98 Å². The van der Waals surface area contributed by atoms with Crippen molar-refractivity contribution in [1.29, 1.82) is 0 Å². The molecule has 204 valence electrons. The highest BCUT2D eigenvalue weighted by Gasteiger charge is 2.14. The molecule has 0 radical (unpaired) electrons. The number of para-hydroxylation sites is 2. The summed E-state index contributed by atoms with van der Waals surface area (Å²) in [6.45, 7) is 0. The molecule has 0 aliphatic heterocycles. The van der Waals surface area contributed by atoms with Crippen LogP contribution in [0.4, 0.5) is 0 Å². The Bertz CT molecular complexity index is 2490. The monoisotopic (exact) mass is 557 g/mol. The zero-order chi connectivity index (χ0) is 29.0. The van der Waals surface area contributed by atoms with Gasteiger partial charge in [-0.2, -0.15) is 0 Å². The summed E-state index contributed by atoms with van der Waals surface area (Å²) in [5.41, 5.74) is 9.48. The Morgan fingerprint density at radius 2 is 0.795 bits per heavy atom. The van der Waals surface area contributed by atoms with Crippen LogP contribution in [0.2, 0.25) is 0 Å². The van der Waals surface area contributed by atoms with Crippen molar-refractivity contribution in [3.8, 4) is 33.4 Å². The Morgan fingerprint density at radius 3 is 1.43 bits per heavy atom. The molecule has 0 aliphatic carbocycles. The van der Waals surface area contributed by atoms with Crippen LogP contribution in [0.15, 0.2) is 164 Å². The molecule has 1 aromatic heterocycles. The van der Waals surface area contributed by atoms with Crippen LogP contribution in [0, 0.1) is 0 Å². The van der Waals surface area contributed by atoms with E-state index < -0.39 is 0 Å². The Morgan fingerprint density at radius 1 is 0.295 bits per heavy atom. The fraction of sp³-hybridized carbons (Fsp3) is 0. The Balaban J connectivity index is 1.22. The van der Waals surface area contributed by atoms with Crippen molar-refractivity contribution in [2.75, 3.05) is 0 Å². The smallest absolute Gasteiger partial charge is 0.0715 e. The van der Waals surface area contributed by atoms with E-state index in [1.165, 1.54) is 76.5 Å². The van der Waals surface area contributed by atoms with E-state index >= 15 is 0 Å². The zero-order valence-corrected chi connectivity index (χ0v) is 24.0. The number of hydrogen-bond donors (Lipinski definition) is 0. The van der Waals surface area contributed by atoms with Crippen LogP contribution in [0.1, 0.15) is 0 Å². The van der Waals surface area contributed by atoms with Gasteiger partial charge in [-0.25, -0.2) is 4.98 Å². The molecule has 0 bridgehead atoms. The molecule has 9 rings (SSSR count). The maximum Gasteiger partial charge on any atom is 0.0715 e. The average Bonchev–Trinajstić information content (AvgIpc) is 3.09. The maximum absolute atomic E-state index is 4.94. The van der Waals surface area contributed by atoms with Crippen molar-refractivity contribution in [2.24, 2.45) is 0 Å². The van der Waals surface area contributed by atoms with Gasteiger partial charge in [-0.3, -0.25) is 0 Å². The van der Waals surface area contributed by atoms with E-state index in [-0.39, 0.29) is 0 Å². The lowest BCUT2D eigenvalue weighted by Gasteiger charge is -2.15. The summed E-state index contributed by atoms with van der Waals surface area (Å²) >= 11 is 0. The van der Waals surface area contributed by atoms with Gasteiger partial charge in [0.2, 0.25) is 0 Å². The van der Waals surface area contributed by atoms with E-state index in [1.807, 2.05) is 0 Å². The van der Waals surface area contributed by atoms with Crippen LogP contribution >= 0.6 is 0 Å². The van der Waals surface area contributed by atoms with E-state index in [0.717, 1.165) is 11.0 Å². The van der Waals surface area contributed by atoms with Crippen LogP contribution in [-0.2, 0) is 0 Å². The molecule has 0 saturated heterocycles. The summed E-state index contributed by atoms with van der Waals surface area (Å²) in [6.07, 6.45) is 0. The largest absolute Gasteiger partial charge is 0.248 e. The molecule has 0 atom stereocenters. The first-order valence-electron chi connectivity index (χ1n) is 15.1. The Labute approximate surface area is 255 Å². The molecule has 0 amide bonds. The van der Waals surface area contributed by atoms with Crippen LogP contribution in [0.5, 0.6) is 0 Å². The highest BCUT2D eigenvalue weighted by molar-refractivity contribution is 6.13. The highest BCUT2D eigenvalue weighted by atomic mass is 14.7. The van der Waals surface area contributed by atoms with Gasteiger partial charge in [0.05, 0.1) is 11.0 Å². The lowest BCUT2D eigenvalue weighted by atomic mass is 9.89. The third-order valence-electron chi connectivity index (χ3n) is 8.99. The minimum atomic E-state index is 1.02. The van der Waals surface area contributed by atoms with Crippen LogP contribution in [0.3, 0.4) is 0 Å². The van der Waals surface area contributed by atoms with E-state index in [1.54, 1.807) is 0 Å². The second kappa shape index (κ2) is 9.90. The minimum absolute atomic E-state index is 1.02. The minimum Gasteiger partial charge on any atom is -0.248 e. The molecular weight excluding hydrogens is 530 g/mol. The number of nitrogens with zero attached hydrogens (tertiary/aromatic N) is 1. The average molecular weight is 558 g/mol.